The fourth-order valence-corrected chi connectivity index (χ4v) is 2.36. The lowest BCUT2D eigenvalue weighted by Crippen LogP contribution is -1.87. The van der Waals surface area contributed by atoms with Gasteiger partial charge in [-0.2, -0.15) is 0 Å². The van der Waals surface area contributed by atoms with Crippen molar-refractivity contribution in [3.8, 4) is 11.3 Å². The molecule has 3 heteroatoms. The minimum atomic E-state index is 0.774. The van der Waals surface area contributed by atoms with E-state index in [0.717, 1.165) is 27.7 Å². The highest BCUT2D eigenvalue weighted by molar-refractivity contribution is 5.87. The Morgan fingerprint density at radius 3 is 2.70 bits per heavy atom. The molecule has 3 nitrogen and oxygen atoms in total. The summed E-state index contributed by atoms with van der Waals surface area (Å²) in [5.74, 6) is 0. The van der Waals surface area contributed by atoms with Gasteiger partial charge < -0.3 is 0 Å². The van der Waals surface area contributed by atoms with E-state index in [-0.39, 0.29) is 0 Å². The molecule has 0 saturated heterocycles. The van der Waals surface area contributed by atoms with E-state index in [1.54, 1.807) is 12.4 Å². The van der Waals surface area contributed by atoms with E-state index in [2.05, 4.69) is 39.2 Å². The summed E-state index contributed by atoms with van der Waals surface area (Å²) in [7, 11) is 0. The molecule has 1 aromatic carbocycles. The first-order valence-corrected chi connectivity index (χ1v) is 6.46. The molecule has 0 atom stereocenters. The van der Waals surface area contributed by atoms with Crippen molar-refractivity contribution in [2.24, 2.45) is 0 Å². The minimum Gasteiger partial charge on any atom is -0.264 e. The lowest BCUT2D eigenvalue weighted by Gasteiger charge is -2.04. The van der Waals surface area contributed by atoms with E-state index in [4.69, 9.17) is 0 Å². The summed E-state index contributed by atoms with van der Waals surface area (Å²) in [5, 5.41) is 3.36. The third-order valence-corrected chi connectivity index (χ3v) is 3.40. The van der Waals surface area contributed by atoms with Gasteiger partial charge in [-0.15, -0.1) is 0 Å². The van der Waals surface area contributed by atoms with Crippen LogP contribution < -0.4 is 0 Å². The van der Waals surface area contributed by atoms with E-state index in [0.29, 0.717) is 0 Å². The number of hydrogen-bond acceptors (Lipinski definition) is 3. The quantitative estimate of drug-likeness (QED) is 0.520. The van der Waals surface area contributed by atoms with E-state index >= 15 is 0 Å². The second-order valence-corrected chi connectivity index (χ2v) is 4.68. The molecule has 0 saturated carbocycles. The SMILES string of the molecule is c1cnc2nc(-c3ccc4ccncc4c3)ccc2c1. The first kappa shape index (κ1) is 11.1. The van der Waals surface area contributed by atoms with Crippen LogP contribution in [0.1, 0.15) is 0 Å². The summed E-state index contributed by atoms with van der Waals surface area (Å²) in [6.07, 6.45) is 5.45. The third kappa shape index (κ3) is 1.80. The Balaban J connectivity index is 1.91. The normalized spacial score (nSPS) is 11.0. The van der Waals surface area contributed by atoms with Gasteiger partial charge in [-0.25, -0.2) is 9.97 Å². The second kappa shape index (κ2) is 4.38. The summed E-state index contributed by atoms with van der Waals surface area (Å²) in [5.41, 5.74) is 2.79. The molecule has 3 aromatic heterocycles. The van der Waals surface area contributed by atoms with Crippen LogP contribution in [0.3, 0.4) is 0 Å². The molecule has 0 aliphatic rings. The standard InChI is InChI=1S/C17H11N3/c1-2-13-5-6-16(20-17(13)19-8-1)14-4-3-12-7-9-18-11-15(12)10-14/h1-11H. The molecule has 0 fully saturated rings. The zero-order valence-corrected chi connectivity index (χ0v) is 10.7. The molecule has 94 valence electrons. The smallest absolute Gasteiger partial charge is 0.159 e. The van der Waals surface area contributed by atoms with E-state index in [9.17, 15) is 0 Å². The molecular formula is C17H11N3. The van der Waals surface area contributed by atoms with Crippen molar-refractivity contribution >= 4 is 21.8 Å². The van der Waals surface area contributed by atoms with Gasteiger partial charge in [0, 0.05) is 34.9 Å². The van der Waals surface area contributed by atoms with Crippen molar-refractivity contribution in [1.82, 2.24) is 15.0 Å². The molecule has 4 aromatic rings. The molecule has 0 N–H and O–H groups in total. The number of nitrogens with zero attached hydrogens (tertiary/aromatic N) is 3. The van der Waals surface area contributed by atoms with Crippen LogP contribution >= 0.6 is 0 Å². The van der Waals surface area contributed by atoms with Crippen LogP contribution in [0.2, 0.25) is 0 Å². The fraction of sp³-hybridized carbons (Fsp3) is 0. The zero-order chi connectivity index (χ0) is 13.4. The van der Waals surface area contributed by atoms with E-state index < -0.39 is 0 Å². The molecule has 3 heterocycles. The Bertz CT molecular complexity index is 838. The summed E-state index contributed by atoms with van der Waals surface area (Å²) in [4.78, 5) is 13.1. The first-order chi connectivity index (χ1) is 9.90. The van der Waals surface area contributed by atoms with Crippen LogP contribution in [0.15, 0.2) is 67.1 Å². The van der Waals surface area contributed by atoms with Gasteiger partial charge in [-0.1, -0.05) is 12.1 Å². The van der Waals surface area contributed by atoms with E-state index in [1.807, 2.05) is 30.5 Å². The average molecular weight is 257 g/mol. The van der Waals surface area contributed by atoms with Gasteiger partial charge in [0.1, 0.15) is 0 Å². The molecule has 0 unspecified atom stereocenters. The molecular weight excluding hydrogens is 246 g/mol. The Labute approximate surface area is 116 Å². The van der Waals surface area contributed by atoms with Gasteiger partial charge in [0.15, 0.2) is 5.65 Å². The first-order valence-electron chi connectivity index (χ1n) is 6.46. The number of pyridine rings is 3. The summed E-state index contributed by atoms with van der Waals surface area (Å²) in [6.45, 7) is 0. The summed E-state index contributed by atoms with van der Waals surface area (Å²) in [6, 6.07) is 16.3. The summed E-state index contributed by atoms with van der Waals surface area (Å²) < 4.78 is 0. The van der Waals surface area contributed by atoms with Crippen molar-refractivity contribution in [1.29, 1.82) is 0 Å². The zero-order valence-electron chi connectivity index (χ0n) is 10.7. The van der Waals surface area contributed by atoms with Crippen molar-refractivity contribution in [3.63, 3.8) is 0 Å². The van der Waals surface area contributed by atoms with Crippen LogP contribution in [-0.4, -0.2) is 15.0 Å². The topological polar surface area (TPSA) is 38.7 Å². The number of rotatable bonds is 1. The molecule has 20 heavy (non-hydrogen) atoms. The number of benzene rings is 1. The molecule has 0 aliphatic heterocycles. The Hall–Kier alpha value is -2.81. The van der Waals surface area contributed by atoms with Gasteiger partial charge in [0.25, 0.3) is 0 Å². The molecule has 0 spiro atoms. The molecule has 0 radical (unpaired) electrons. The van der Waals surface area contributed by atoms with Crippen LogP contribution in [0.5, 0.6) is 0 Å². The lowest BCUT2D eigenvalue weighted by molar-refractivity contribution is 1.29. The molecule has 0 aliphatic carbocycles. The fourth-order valence-electron chi connectivity index (χ4n) is 2.36. The Morgan fingerprint density at radius 1 is 0.750 bits per heavy atom. The lowest BCUT2D eigenvalue weighted by atomic mass is 10.1. The molecule has 0 bridgehead atoms. The van der Waals surface area contributed by atoms with Crippen molar-refractivity contribution in [2.45, 2.75) is 0 Å². The summed E-state index contributed by atoms with van der Waals surface area (Å²) >= 11 is 0. The van der Waals surface area contributed by atoms with Gasteiger partial charge in [0.05, 0.1) is 5.69 Å². The maximum atomic E-state index is 4.62. The highest BCUT2D eigenvalue weighted by Gasteiger charge is 2.03. The highest BCUT2D eigenvalue weighted by atomic mass is 14.8. The Kier molecular flexibility index (Phi) is 2.42. The number of fused-ring (bicyclic) bond motifs is 2. The second-order valence-electron chi connectivity index (χ2n) is 4.68. The molecule has 0 amide bonds. The van der Waals surface area contributed by atoms with Crippen molar-refractivity contribution in [2.75, 3.05) is 0 Å². The average Bonchev–Trinajstić information content (AvgIpc) is 2.54. The third-order valence-electron chi connectivity index (χ3n) is 3.40. The minimum absolute atomic E-state index is 0.774. The van der Waals surface area contributed by atoms with Crippen molar-refractivity contribution in [3.05, 3.63) is 67.1 Å². The number of hydrogen-bond donors (Lipinski definition) is 0. The number of aromatic nitrogens is 3. The van der Waals surface area contributed by atoms with Crippen LogP contribution in [0.25, 0.3) is 33.1 Å². The van der Waals surface area contributed by atoms with E-state index in [1.165, 1.54) is 5.39 Å². The monoisotopic (exact) mass is 257 g/mol. The van der Waals surface area contributed by atoms with Crippen LogP contribution in [-0.2, 0) is 0 Å². The van der Waals surface area contributed by atoms with Gasteiger partial charge >= 0.3 is 0 Å². The highest BCUT2D eigenvalue weighted by Crippen LogP contribution is 2.23. The molecule has 4 rings (SSSR count). The largest absolute Gasteiger partial charge is 0.264 e. The van der Waals surface area contributed by atoms with Crippen LogP contribution in [0, 0.1) is 0 Å². The van der Waals surface area contributed by atoms with Crippen LogP contribution in [0.4, 0.5) is 0 Å². The maximum absolute atomic E-state index is 4.62. The van der Waals surface area contributed by atoms with Gasteiger partial charge in [-0.3, -0.25) is 4.98 Å². The predicted molar refractivity (Wildman–Crippen MR) is 80.3 cm³/mol. The maximum Gasteiger partial charge on any atom is 0.159 e. The van der Waals surface area contributed by atoms with Gasteiger partial charge in [-0.05, 0) is 41.8 Å². The van der Waals surface area contributed by atoms with Gasteiger partial charge in [0.2, 0.25) is 0 Å². The predicted octanol–water partition coefficient (Wildman–Crippen LogP) is 3.85. The Morgan fingerprint density at radius 2 is 1.70 bits per heavy atom. The van der Waals surface area contributed by atoms with Crippen molar-refractivity contribution < 1.29 is 0 Å².